The van der Waals surface area contributed by atoms with Crippen LogP contribution in [0.3, 0.4) is 0 Å². The van der Waals surface area contributed by atoms with E-state index >= 15 is 0 Å². The van der Waals surface area contributed by atoms with E-state index in [1.165, 1.54) is 0 Å². The minimum atomic E-state index is -0.0300. The van der Waals surface area contributed by atoms with E-state index in [4.69, 9.17) is 4.74 Å². The molecule has 0 spiro atoms. The number of nitrogens with one attached hydrogen (secondary N) is 1. The zero-order valence-corrected chi connectivity index (χ0v) is 14.6. The van der Waals surface area contributed by atoms with Crippen molar-refractivity contribution in [2.24, 2.45) is 11.0 Å². The van der Waals surface area contributed by atoms with Gasteiger partial charge in [0.1, 0.15) is 5.75 Å². The molecule has 23 heavy (non-hydrogen) atoms. The second-order valence-electron chi connectivity index (χ2n) is 5.47. The Morgan fingerprint density at radius 3 is 3.00 bits per heavy atom. The van der Waals surface area contributed by atoms with Gasteiger partial charge >= 0.3 is 0 Å². The molecule has 0 aliphatic carbocycles. The summed E-state index contributed by atoms with van der Waals surface area (Å²) in [6.07, 6.45) is 4.37. The molecule has 0 bridgehead atoms. The van der Waals surface area contributed by atoms with E-state index in [-0.39, 0.29) is 11.8 Å². The number of hydrogen-bond acceptors (Lipinski definition) is 4. The van der Waals surface area contributed by atoms with Crippen LogP contribution in [0.5, 0.6) is 5.75 Å². The summed E-state index contributed by atoms with van der Waals surface area (Å²) >= 11 is 1.69. The SMILES string of the molecule is C=CCSc1ccc(C(C)=CC2=NNC(=O)CC2C)cc1OC. The summed E-state index contributed by atoms with van der Waals surface area (Å²) in [6, 6.07) is 6.17. The number of amides is 1. The Labute approximate surface area is 141 Å². The van der Waals surface area contributed by atoms with Crippen molar-refractivity contribution in [1.29, 1.82) is 0 Å². The third kappa shape index (κ3) is 4.48. The van der Waals surface area contributed by atoms with Crippen LogP contribution >= 0.6 is 11.8 Å². The van der Waals surface area contributed by atoms with Crippen molar-refractivity contribution in [3.63, 3.8) is 0 Å². The average Bonchev–Trinajstić information content (AvgIpc) is 2.55. The number of carbonyl (C=O) groups excluding carboxylic acids is 1. The second-order valence-corrected chi connectivity index (χ2v) is 6.53. The van der Waals surface area contributed by atoms with Crippen molar-refractivity contribution in [2.45, 2.75) is 25.2 Å². The topological polar surface area (TPSA) is 50.7 Å². The fraction of sp³-hybridized carbons (Fsp3) is 0.333. The summed E-state index contributed by atoms with van der Waals surface area (Å²) in [5.41, 5.74) is 5.60. The van der Waals surface area contributed by atoms with Gasteiger partial charge in [0.15, 0.2) is 0 Å². The van der Waals surface area contributed by atoms with E-state index in [1.54, 1.807) is 18.9 Å². The molecule has 0 radical (unpaired) electrons. The molecule has 2 rings (SSSR count). The number of thioether (sulfide) groups is 1. The number of hydrogen-bond donors (Lipinski definition) is 1. The standard InChI is InChI=1S/C18H22N2O2S/c1-5-8-23-17-7-6-14(11-16(17)22-4)12(2)9-15-13(3)10-18(21)20-19-15/h5-7,9,11,13H,1,8,10H2,2-4H3,(H,20,21). The quantitative estimate of drug-likeness (QED) is 0.636. The number of nitrogens with zero attached hydrogens (tertiary/aromatic N) is 1. The summed E-state index contributed by atoms with van der Waals surface area (Å²) in [5.74, 6) is 1.80. The highest BCUT2D eigenvalue weighted by Gasteiger charge is 2.18. The maximum Gasteiger partial charge on any atom is 0.240 e. The summed E-state index contributed by atoms with van der Waals surface area (Å²) in [6.45, 7) is 7.79. The van der Waals surface area contributed by atoms with Crippen molar-refractivity contribution in [2.75, 3.05) is 12.9 Å². The lowest BCUT2D eigenvalue weighted by Crippen LogP contribution is -2.30. The predicted molar refractivity (Wildman–Crippen MR) is 96.9 cm³/mol. The number of rotatable bonds is 6. The monoisotopic (exact) mass is 330 g/mol. The first-order valence-electron chi connectivity index (χ1n) is 7.52. The molecule has 5 heteroatoms. The van der Waals surface area contributed by atoms with Crippen LogP contribution in [0.4, 0.5) is 0 Å². The third-order valence-electron chi connectivity index (χ3n) is 3.65. The van der Waals surface area contributed by atoms with Crippen LogP contribution < -0.4 is 10.2 Å². The number of hydrazone groups is 1. The van der Waals surface area contributed by atoms with Crippen LogP contribution in [-0.4, -0.2) is 24.5 Å². The fourth-order valence-corrected chi connectivity index (χ4v) is 3.07. The van der Waals surface area contributed by atoms with E-state index in [1.807, 2.05) is 32.1 Å². The zero-order valence-electron chi connectivity index (χ0n) is 13.8. The minimum Gasteiger partial charge on any atom is -0.496 e. The van der Waals surface area contributed by atoms with E-state index in [9.17, 15) is 4.79 Å². The van der Waals surface area contributed by atoms with Crippen LogP contribution in [0.1, 0.15) is 25.8 Å². The Kier molecular flexibility index (Phi) is 6.04. The molecule has 0 saturated heterocycles. The summed E-state index contributed by atoms with van der Waals surface area (Å²) in [7, 11) is 1.68. The molecule has 0 aromatic heterocycles. The first kappa shape index (κ1) is 17.3. The van der Waals surface area contributed by atoms with Gasteiger partial charge in [-0.1, -0.05) is 19.1 Å². The molecular weight excluding hydrogens is 308 g/mol. The molecule has 1 atom stereocenters. The minimum absolute atomic E-state index is 0.0300. The first-order chi connectivity index (χ1) is 11.0. The zero-order chi connectivity index (χ0) is 16.8. The number of benzene rings is 1. The predicted octanol–water partition coefficient (Wildman–Crippen LogP) is 3.89. The molecule has 1 amide bonds. The van der Waals surface area contributed by atoms with Crippen LogP contribution in [-0.2, 0) is 4.79 Å². The molecule has 0 saturated carbocycles. The summed E-state index contributed by atoms with van der Waals surface area (Å²) in [5, 5.41) is 4.15. The molecule has 1 heterocycles. The van der Waals surface area contributed by atoms with Crippen LogP contribution in [0, 0.1) is 5.92 Å². The number of methoxy groups -OCH3 is 1. The number of ether oxygens (including phenoxy) is 1. The number of allylic oxidation sites excluding steroid dienone is 2. The smallest absolute Gasteiger partial charge is 0.240 e. The molecule has 0 fully saturated rings. The van der Waals surface area contributed by atoms with Gasteiger partial charge in [-0.05, 0) is 36.3 Å². The third-order valence-corrected chi connectivity index (χ3v) is 4.70. The molecule has 4 nitrogen and oxygen atoms in total. The van der Waals surface area contributed by atoms with E-state index in [0.717, 1.165) is 33.2 Å². The van der Waals surface area contributed by atoms with Gasteiger partial charge in [-0.2, -0.15) is 5.10 Å². The van der Waals surface area contributed by atoms with Gasteiger partial charge in [-0.15, -0.1) is 18.3 Å². The molecule has 1 aromatic carbocycles. The van der Waals surface area contributed by atoms with Crippen molar-refractivity contribution < 1.29 is 9.53 Å². The molecule has 122 valence electrons. The Balaban J connectivity index is 2.25. The summed E-state index contributed by atoms with van der Waals surface area (Å²) < 4.78 is 5.49. The van der Waals surface area contributed by atoms with Gasteiger partial charge in [0.25, 0.3) is 0 Å². The number of carbonyl (C=O) groups is 1. The molecular formula is C18H22N2O2S. The Morgan fingerprint density at radius 2 is 2.35 bits per heavy atom. The van der Waals surface area contributed by atoms with Gasteiger partial charge < -0.3 is 4.74 Å². The highest BCUT2D eigenvalue weighted by molar-refractivity contribution is 7.99. The summed E-state index contributed by atoms with van der Waals surface area (Å²) in [4.78, 5) is 12.4. The largest absolute Gasteiger partial charge is 0.496 e. The second kappa shape index (κ2) is 8.02. The van der Waals surface area contributed by atoms with E-state index < -0.39 is 0 Å². The van der Waals surface area contributed by atoms with Crippen molar-refractivity contribution in [1.82, 2.24) is 5.43 Å². The highest BCUT2D eigenvalue weighted by Crippen LogP contribution is 2.32. The van der Waals surface area contributed by atoms with Crippen molar-refractivity contribution in [3.8, 4) is 5.75 Å². The van der Waals surface area contributed by atoms with E-state index in [2.05, 4.69) is 29.2 Å². The molecule has 1 aliphatic heterocycles. The normalized spacial score (nSPS) is 18.2. The van der Waals surface area contributed by atoms with Gasteiger partial charge in [-0.25, -0.2) is 5.43 Å². The first-order valence-corrected chi connectivity index (χ1v) is 8.50. The Morgan fingerprint density at radius 1 is 1.57 bits per heavy atom. The fourth-order valence-electron chi connectivity index (χ4n) is 2.33. The maximum absolute atomic E-state index is 11.3. The van der Waals surface area contributed by atoms with E-state index in [0.29, 0.717) is 6.42 Å². The molecule has 1 unspecified atom stereocenters. The van der Waals surface area contributed by atoms with Gasteiger partial charge in [0.2, 0.25) is 5.91 Å². The van der Waals surface area contributed by atoms with Crippen LogP contribution in [0.25, 0.3) is 5.57 Å². The van der Waals surface area contributed by atoms with Crippen LogP contribution in [0.15, 0.2) is 46.9 Å². The molecule has 1 N–H and O–H groups in total. The lowest BCUT2D eigenvalue weighted by atomic mass is 9.96. The lowest BCUT2D eigenvalue weighted by molar-refractivity contribution is -0.121. The van der Waals surface area contributed by atoms with Crippen molar-refractivity contribution >= 4 is 29.0 Å². The van der Waals surface area contributed by atoms with Crippen LogP contribution in [0.2, 0.25) is 0 Å². The highest BCUT2D eigenvalue weighted by atomic mass is 32.2. The lowest BCUT2D eigenvalue weighted by Gasteiger charge is -2.17. The Bertz CT molecular complexity index is 665. The maximum atomic E-state index is 11.3. The van der Waals surface area contributed by atoms with Gasteiger partial charge in [-0.3, -0.25) is 4.79 Å². The molecule has 1 aliphatic rings. The molecule has 1 aromatic rings. The average molecular weight is 330 g/mol. The van der Waals surface area contributed by atoms with Gasteiger partial charge in [0.05, 0.1) is 12.8 Å². The van der Waals surface area contributed by atoms with Crippen molar-refractivity contribution in [3.05, 3.63) is 42.5 Å². The Hall–Kier alpha value is -2.01. The van der Waals surface area contributed by atoms with Gasteiger partial charge in [0, 0.05) is 23.0 Å².